The predicted molar refractivity (Wildman–Crippen MR) is 47.3 cm³/mol. The molecule has 1 aliphatic rings. The Balaban J connectivity index is 2.20. The quantitative estimate of drug-likeness (QED) is 0.557. The first-order chi connectivity index (χ1) is 6.40. The van der Waals surface area contributed by atoms with Crippen molar-refractivity contribution in [1.82, 2.24) is 0 Å². The molecule has 0 unspecified atom stereocenters. The summed E-state index contributed by atoms with van der Waals surface area (Å²) < 4.78 is 0. The number of allylic oxidation sites excluding steroid dienone is 1. The van der Waals surface area contributed by atoms with Gasteiger partial charge < -0.3 is 9.99 Å². The molecule has 0 aromatic heterocycles. The van der Waals surface area contributed by atoms with Crippen molar-refractivity contribution in [2.75, 3.05) is 0 Å². The minimum atomic E-state index is 0.506. The standard InChI is InChI=1S/C10H10O3/c11-5-1-2-8-3-4-10-9(6-8)7-12-13-10/h1,3-6,11H,2,7H2. The van der Waals surface area contributed by atoms with Crippen LogP contribution in [0.5, 0.6) is 5.75 Å². The lowest BCUT2D eigenvalue weighted by molar-refractivity contribution is -0.194. The van der Waals surface area contributed by atoms with Crippen LogP contribution in [-0.2, 0) is 17.9 Å². The fraction of sp³-hybridized carbons (Fsp3) is 0.200. The highest BCUT2D eigenvalue weighted by Gasteiger charge is 2.12. The molecule has 1 N–H and O–H groups in total. The fourth-order valence-electron chi connectivity index (χ4n) is 1.30. The first-order valence-corrected chi connectivity index (χ1v) is 4.10. The highest BCUT2D eigenvalue weighted by Crippen LogP contribution is 2.26. The Morgan fingerprint density at radius 1 is 1.46 bits per heavy atom. The van der Waals surface area contributed by atoms with Crippen molar-refractivity contribution in [2.24, 2.45) is 0 Å². The molecule has 3 nitrogen and oxygen atoms in total. The molecule has 0 radical (unpaired) electrons. The lowest BCUT2D eigenvalue weighted by atomic mass is 10.1. The molecule has 3 heteroatoms. The molecule has 68 valence electrons. The van der Waals surface area contributed by atoms with Crippen LogP contribution in [0.15, 0.2) is 30.5 Å². The van der Waals surface area contributed by atoms with E-state index in [1.807, 2.05) is 18.2 Å². The molecular weight excluding hydrogens is 168 g/mol. The third-order valence-electron chi connectivity index (χ3n) is 1.95. The van der Waals surface area contributed by atoms with E-state index in [0.717, 1.165) is 29.6 Å². The van der Waals surface area contributed by atoms with E-state index in [1.165, 1.54) is 0 Å². The minimum Gasteiger partial charge on any atom is -0.516 e. The predicted octanol–water partition coefficient (Wildman–Crippen LogP) is 2.12. The molecule has 0 spiro atoms. The van der Waals surface area contributed by atoms with Crippen molar-refractivity contribution in [2.45, 2.75) is 13.0 Å². The van der Waals surface area contributed by atoms with Crippen LogP contribution in [0.2, 0.25) is 0 Å². The average Bonchev–Trinajstić information content (AvgIpc) is 2.61. The van der Waals surface area contributed by atoms with Crippen molar-refractivity contribution in [3.63, 3.8) is 0 Å². The maximum absolute atomic E-state index is 8.49. The van der Waals surface area contributed by atoms with Crippen LogP contribution in [0.3, 0.4) is 0 Å². The fourth-order valence-corrected chi connectivity index (χ4v) is 1.30. The van der Waals surface area contributed by atoms with Gasteiger partial charge in [0.1, 0.15) is 6.61 Å². The lowest BCUT2D eigenvalue weighted by Gasteiger charge is -1.98. The van der Waals surface area contributed by atoms with Crippen molar-refractivity contribution in [3.8, 4) is 5.75 Å². The zero-order chi connectivity index (χ0) is 9.10. The molecule has 1 aromatic carbocycles. The van der Waals surface area contributed by atoms with Gasteiger partial charge in [0.05, 0.1) is 6.26 Å². The normalized spacial score (nSPS) is 14.5. The summed E-state index contributed by atoms with van der Waals surface area (Å²) in [6, 6.07) is 5.85. The van der Waals surface area contributed by atoms with Crippen LogP contribution in [0.1, 0.15) is 11.1 Å². The van der Waals surface area contributed by atoms with Crippen LogP contribution < -0.4 is 4.89 Å². The van der Waals surface area contributed by atoms with E-state index >= 15 is 0 Å². The molecule has 0 saturated carbocycles. The van der Waals surface area contributed by atoms with E-state index in [2.05, 4.69) is 0 Å². The Morgan fingerprint density at radius 2 is 2.38 bits per heavy atom. The summed E-state index contributed by atoms with van der Waals surface area (Å²) in [5.41, 5.74) is 2.20. The van der Waals surface area contributed by atoms with Crippen LogP contribution >= 0.6 is 0 Å². The summed E-state index contributed by atoms with van der Waals surface area (Å²) in [5, 5.41) is 8.49. The highest BCUT2D eigenvalue weighted by atomic mass is 17.2. The van der Waals surface area contributed by atoms with Gasteiger partial charge in [-0.05, 0) is 30.2 Å². The Kier molecular flexibility index (Phi) is 2.19. The Morgan fingerprint density at radius 3 is 3.23 bits per heavy atom. The maximum atomic E-state index is 8.49. The van der Waals surface area contributed by atoms with Crippen molar-refractivity contribution < 1.29 is 14.9 Å². The molecule has 0 bridgehead atoms. The van der Waals surface area contributed by atoms with Gasteiger partial charge in [0, 0.05) is 5.56 Å². The first-order valence-electron chi connectivity index (χ1n) is 4.10. The van der Waals surface area contributed by atoms with Crippen molar-refractivity contribution in [1.29, 1.82) is 0 Å². The van der Waals surface area contributed by atoms with Gasteiger partial charge >= 0.3 is 0 Å². The second-order valence-corrected chi connectivity index (χ2v) is 2.88. The third kappa shape index (κ3) is 1.65. The second-order valence-electron chi connectivity index (χ2n) is 2.88. The summed E-state index contributed by atoms with van der Waals surface area (Å²) in [7, 11) is 0. The molecule has 0 aliphatic carbocycles. The minimum absolute atomic E-state index is 0.506. The molecule has 0 amide bonds. The molecule has 1 aromatic rings. The molecule has 0 atom stereocenters. The Hall–Kier alpha value is -1.48. The van der Waals surface area contributed by atoms with Gasteiger partial charge in [-0.1, -0.05) is 6.07 Å². The van der Waals surface area contributed by atoms with Gasteiger partial charge in [0.25, 0.3) is 0 Å². The number of hydrogen-bond donors (Lipinski definition) is 1. The number of rotatable bonds is 2. The molecule has 1 heterocycles. The zero-order valence-corrected chi connectivity index (χ0v) is 7.06. The van der Waals surface area contributed by atoms with Gasteiger partial charge in [-0.15, -0.1) is 0 Å². The van der Waals surface area contributed by atoms with E-state index in [4.69, 9.17) is 14.9 Å². The van der Waals surface area contributed by atoms with Gasteiger partial charge in [-0.3, -0.25) is 0 Å². The highest BCUT2D eigenvalue weighted by molar-refractivity contribution is 5.38. The Labute approximate surface area is 76.1 Å². The molecule has 1 aliphatic heterocycles. The molecule has 2 rings (SSSR count). The SMILES string of the molecule is OC=CCc1ccc2c(c1)COO2. The lowest BCUT2D eigenvalue weighted by Crippen LogP contribution is -1.83. The molecule has 13 heavy (non-hydrogen) atoms. The van der Waals surface area contributed by atoms with Crippen LogP contribution in [0.25, 0.3) is 0 Å². The summed E-state index contributed by atoms with van der Waals surface area (Å²) in [4.78, 5) is 9.70. The summed E-state index contributed by atoms with van der Waals surface area (Å²) in [5.74, 6) is 0.789. The molecule has 0 saturated heterocycles. The van der Waals surface area contributed by atoms with Crippen LogP contribution in [0, 0.1) is 0 Å². The largest absolute Gasteiger partial charge is 0.516 e. The zero-order valence-electron chi connectivity index (χ0n) is 7.06. The van der Waals surface area contributed by atoms with E-state index < -0.39 is 0 Å². The van der Waals surface area contributed by atoms with Crippen LogP contribution in [-0.4, -0.2) is 5.11 Å². The Bertz CT molecular complexity index is 331. The van der Waals surface area contributed by atoms with E-state index in [1.54, 1.807) is 6.08 Å². The monoisotopic (exact) mass is 178 g/mol. The van der Waals surface area contributed by atoms with Crippen molar-refractivity contribution >= 4 is 0 Å². The third-order valence-corrected chi connectivity index (χ3v) is 1.95. The number of hydrogen-bond acceptors (Lipinski definition) is 3. The number of aliphatic hydroxyl groups is 1. The van der Waals surface area contributed by atoms with Gasteiger partial charge in [0.2, 0.25) is 0 Å². The number of fused-ring (bicyclic) bond motifs is 1. The average molecular weight is 178 g/mol. The van der Waals surface area contributed by atoms with Gasteiger partial charge in [0.15, 0.2) is 5.75 Å². The summed E-state index contributed by atoms with van der Waals surface area (Å²) in [6.45, 7) is 0.506. The second kappa shape index (κ2) is 3.49. The van der Waals surface area contributed by atoms with Crippen molar-refractivity contribution in [3.05, 3.63) is 41.7 Å². The van der Waals surface area contributed by atoms with Gasteiger partial charge in [-0.2, -0.15) is 4.89 Å². The molecule has 0 fully saturated rings. The topological polar surface area (TPSA) is 38.7 Å². The van der Waals surface area contributed by atoms with Crippen LogP contribution in [0.4, 0.5) is 0 Å². The summed E-state index contributed by atoms with van der Waals surface area (Å²) in [6.07, 6.45) is 3.47. The number of aliphatic hydroxyl groups excluding tert-OH is 1. The first kappa shape index (κ1) is 8.13. The van der Waals surface area contributed by atoms with Gasteiger partial charge in [-0.25, -0.2) is 0 Å². The number of benzene rings is 1. The van der Waals surface area contributed by atoms with E-state index in [0.29, 0.717) is 6.61 Å². The van der Waals surface area contributed by atoms with E-state index in [-0.39, 0.29) is 0 Å². The molecular formula is C10H10O3. The van der Waals surface area contributed by atoms with E-state index in [9.17, 15) is 0 Å². The smallest absolute Gasteiger partial charge is 0.171 e. The summed E-state index contributed by atoms with van der Waals surface area (Å²) >= 11 is 0. The maximum Gasteiger partial charge on any atom is 0.171 e.